The Labute approximate surface area is 221 Å². The fourth-order valence-corrected chi connectivity index (χ4v) is 4.57. The first-order chi connectivity index (χ1) is 17.3. The van der Waals surface area contributed by atoms with Crippen molar-refractivity contribution in [2.45, 2.75) is 19.4 Å². The molecule has 182 valence electrons. The van der Waals surface area contributed by atoms with E-state index in [-0.39, 0.29) is 12.4 Å². The summed E-state index contributed by atoms with van der Waals surface area (Å²) in [5.74, 6) is 0.524. The molecule has 3 heterocycles. The van der Waals surface area contributed by atoms with Crippen LogP contribution in [-0.2, 0) is 13.0 Å². The fourth-order valence-electron chi connectivity index (χ4n) is 3.90. The molecule has 0 atom stereocenters. The van der Waals surface area contributed by atoms with E-state index in [1.165, 1.54) is 16.7 Å². The van der Waals surface area contributed by atoms with Crippen molar-refractivity contribution in [1.82, 2.24) is 15.0 Å². The second kappa shape index (κ2) is 12.4. The van der Waals surface area contributed by atoms with Crippen LogP contribution in [0.15, 0.2) is 96.1 Å². The highest BCUT2D eigenvalue weighted by Crippen LogP contribution is 2.32. The molecule has 0 aliphatic heterocycles. The molecule has 0 fully saturated rings. The highest BCUT2D eigenvalue weighted by Gasteiger charge is 2.14. The molecule has 3 aromatic heterocycles. The fraction of sp³-hybridized carbons (Fsp3) is 0.138. The van der Waals surface area contributed by atoms with Gasteiger partial charge in [0.15, 0.2) is 0 Å². The molecule has 0 saturated carbocycles. The number of benzene rings is 2. The monoisotopic (exact) mass is 514 g/mol. The Balaban J connectivity index is 0.00000304. The number of ether oxygens (including phenoxy) is 1. The Morgan fingerprint density at radius 3 is 2.22 bits per heavy atom. The van der Waals surface area contributed by atoms with Crippen LogP contribution in [0.2, 0.25) is 0 Å². The summed E-state index contributed by atoms with van der Waals surface area (Å²) in [6.07, 6.45) is 7.17. The highest BCUT2D eigenvalue weighted by molar-refractivity contribution is 7.08. The molecule has 0 radical (unpaired) electrons. The van der Waals surface area contributed by atoms with Gasteiger partial charge in [-0.1, -0.05) is 54.6 Å². The van der Waals surface area contributed by atoms with Crippen molar-refractivity contribution in [2.75, 3.05) is 6.61 Å². The summed E-state index contributed by atoms with van der Waals surface area (Å²) in [6.45, 7) is 1.07. The van der Waals surface area contributed by atoms with Crippen molar-refractivity contribution >= 4 is 23.7 Å². The van der Waals surface area contributed by atoms with Crippen molar-refractivity contribution in [3.8, 4) is 39.5 Å². The molecule has 7 heteroatoms. The Kier molecular flexibility index (Phi) is 8.79. The number of rotatable bonds is 9. The van der Waals surface area contributed by atoms with Gasteiger partial charge in [-0.25, -0.2) is 9.97 Å². The summed E-state index contributed by atoms with van der Waals surface area (Å²) in [6, 6.07) is 22.8. The number of nitrogens with zero attached hydrogens (tertiary/aromatic N) is 3. The van der Waals surface area contributed by atoms with E-state index in [1.807, 2.05) is 36.5 Å². The summed E-state index contributed by atoms with van der Waals surface area (Å²) in [7, 11) is 0. The van der Waals surface area contributed by atoms with Gasteiger partial charge in [0.1, 0.15) is 5.69 Å². The average molecular weight is 515 g/mol. The van der Waals surface area contributed by atoms with E-state index < -0.39 is 0 Å². The Morgan fingerprint density at radius 2 is 1.53 bits per heavy atom. The molecule has 0 unspecified atom stereocenters. The van der Waals surface area contributed by atoms with Crippen molar-refractivity contribution in [2.24, 2.45) is 5.73 Å². The van der Waals surface area contributed by atoms with Crippen LogP contribution < -0.4 is 10.5 Å². The number of pyridine rings is 1. The maximum Gasteiger partial charge on any atom is 0.232 e. The summed E-state index contributed by atoms with van der Waals surface area (Å²) >= 11 is 1.70. The van der Waals surface area contributed by atoms with E-state index in [4.69, 9.17) is 20.4 Å². The first kappa shape index (κ1) is 25.5. The van der Waals surface area contributed by atoms with E-state index in [2.05, 4.69) is 52.1 Å². The van der Waals surface area contributed by atoms with E-state index in [0.717, 1.165) is 40.9 Å². The lowest BCUT2D eigenvalue weighted by Crippen LogP contribution is -2.03. The smallest absolute Gasteiger partial charge is 0.232 e. The minimum absolute atomic E-state index is 0. The molecule has 0 amide bonds. The van der Waals surface area contributed by atoms with Gasteiger partial charge in [-0.05, 0) is 58.0 Å². The van der Waals surface area contributed by atoms with Crippen LogP contribution in [0, 0.1) is 0 Å². The molecular weight excluding hydrogens is 488 g/mol. The van der Waals surface area contributed by atoms with Crippen LogP contribution in [0.5, 0.6) is 5.88 Å². The molecule has 0 aliphatic rings. The van der Waals surface area contributed by atoms with E-state index in [0.29, 0.717) is 19.0 Å². The molecule has 5 rings (SSSR count). The third-order valence-corrected chi connectivity index (χ3v) is 6.49. The summed E-state index contributed by atoms with van der Waals surface area (Å²) in [5.41, 5.74) is 14.1. The number of hydrogen-bond acceptors (Lipinski definition) is 6. The average Bonchev–Trinajstić information content (AvgIpc) is 3.47. The van der Waals surface area contributed by atoms with Crippen LogP contribution in [0.4, 0.5) is 0 Å². The van der Waals surface area contributed by atoms with Crippen molar-refractivity contribution in [3.63, 3.8) is 0 Å². The lowest BCUT2D eigenvalue weighted by molar-refractivity contribution is 0.298. The van der Waals surface area contributed by atoms with Gasteiger partial charge in [-0.2, -0.15) is 11.3 Å². The number of nitrogens with two attached hydrogens (primary N) is 1. The quantitative estimate of drug-likeness (QED) is 0.218. The first-order valence-electron chi connectivity index (χ1n) is 11.6. The van der Waals surface area contributed by atoms with Gasteiger partial charge in [0, 0.05) is 30.1 Å². The number of thiophene rings is 1. The van der Waals surface area contributed by atoms with Gasteiger partial charge >= 0.3 is 0 Å². The van der Waals surface area contributed by atoms with Crippen LogP contribution in [0.1, 0.15) is 17.5 Å². The van der Waals surface area contributed by atoms with Crippen molar-refractivity contribution < 1.29 is 4.74 Å². The zero-order valence-electron chi connectivity index (χ0n) is 19.7. The molecule has 36 heavy (non-hydrogen) atoms. The normalized spacial score (nSPS) is 10.6. The molecule has 5 nitrogen and oxygen atoms in total. The number of aryl methyl sites for hydroxylation is 1. The van der Waals surface area contributed by atoms with Crippen LogP contribution in [0.3, 0.4) is 0 Å². The van der Waals surface area contributed by atoms with Crippen molar-refractivity contribution in [3.05, 3.63) is 107 Å². The molecule has 2 N–H and O–H groups in total. The van der Waals surface area contributed by atoms with Gasteiger partial charge in [-0.15, -0.1) is 12.4 Å². The van der Waals surface area contributed by atoms with Crippen LogP contribution in [-0.4, -0.2) is 21.6 Å². The second-order valence-electron chi connectivity index (χ2n) is 8.21. The van der Waals surface area contributed by atoms with Gasteiger partial charge < -0.3 is 10.5 Å². The Hall–Kier alpha value is -3.58. The third-order valence-electron chi connectivity index (χ3n) is 5.81. The lowest BCUT2D eigenvalue weighted by Gasteiger charge is -2.12. The largest absolute Gasteiger partial charge is 0.477 e. The SMILES string of the molecule is Cl.NCc1ccc(-c2ncc(OCCCc3cccnc3)nc2-c2ccc(-c3ccsc3)cc2)cc1. The molecule has 0 saturated heterocycles. The summed E-state index contributed by atoms with van der Waals surface area (Å²) in [5, 5.41) is 4.24. The van der Waals surface area contributed by atoms with Crippen LogP contribution in [0.25, 0.3) is 33.6 Å². The molecule has 2 aromatic carbocycles. The highest BCUT2D eigenvalue weighted by atomic mass is 35.5. The van der Waals surface area contributed by atoms with Gasteiger partial charge in [-0.3, -0.25) is 4.98 Å². The molecule has 5 aromatic rings. The lowest BCUT2D eigenvalue weighted by atomic mass is 10.0. The standard InChI is InChI=1S/C29H26N4OS.ClH/c30-17-21-5-7-24(8-6-21)28-29(25-11-9-23(10-12-25)26-13-16-35-20-26)33-27(19-32-28)34-15-2-4-22-3-1-14-31-18-22;/h1,3,5-14,16,18-20H,2,4,15,17,30H2;1H. The van der Waals surface area contributed by atoms with Crippen LogP contribution >= 0.6 is 23.7 Å². The zero-order valence-corrected chi connectivity index (χ0v) is 21.3. The first-order valence-corrected chi connectivity index (χ1v) is 12.6. The zero-order chi connectivity index (χ0) is 23.9. The van der Waals surface area contributed by atoms with Gasteiger partial charge in [0.05, 0.1) is 18.5 Å². The minimum Gasteiger partial charge on any atom is -0.477 e. The number of halogens is 1. The third kappa shape index (κ3) is 6.15. The summed E-state index contributed by atoms with van der Waals surface area (Å²) in [4.78, 5) is 13.8. The van der Waals surface area contributed by atoms with E-state index in [1.54, 1.807) is 23.7 Å². The summed E-state index contributed by atoms with van der Waals surface area (Å²) < 4.78 is 5.99. The topological polar surface area (TPSA) is 73.9 Å². The molecular formula is C29H27ClN4OS. The predicted octanol–water partition coefficient (Wildman–Crippen LogP) is 6.83. The number of aromatic nitrogens is 3. The maximum absolute atomic E-state index is 5.99. The molecule has 0 spiro atoms. The number of hydrogen-bond donors (Lipinski definition) is 1. The molecule has 0 bridgehead atoms. The predicted molar refractivity (Wildman–Crippen MR) is 149 cm³/mol. The Morgan fingerprint density at radius 1 is 0.778 bits per heavy atom. The van der Waals surface area contributed by atoms with Gasteiger partial charge in [0.2, 0.25) is 5.88 Å². The van der Waals surface area contributed by atoms with Gasteiger partial charge in [0.25, 0.3) is 0 Å². The molecule has 0 aliphatic carbocycles. The van der Waals surface area contributed by atoms with E-state index >= 15 is 0 Å². The van der Waals surface area contributed by atoms with Crippen molar-refractivity contribution in [1.29, 1.82) is 0 Å². The Bertz CT molecular complexity index is 1360. The maximum atomic E-state index is 5.99. The van der Waals surface area contributed by atoms with E-state index in [9.17, 15) is 0 Å². The second-order valence-corrected chi connectivity index (χ2v) is 8.99. The minimum atomic E-state index is 0.